The van der Waals surface area contributed by atoms with Crippen molar-refractivity contribution >= 4 is 21.7 Å². The van der Waals surface area contributed by atoms with Gasteiger partial charge >= 0.3 is 5.69 Å². The molecule has 0 aliphatic carbocycles. The van der Waals surface area contributed by atoms with Crippen molar-refractivity contribution in [2.24, 2.45) is 0 Å². The molecular formula is C20H17BrN2O2. The number of Topliss-reactive ketones (excluding diaryl/α,β-unsaturated/α-hetero) is 1. The van der Waals surface area contributed by atoms with Gasteiger partial charge in [0.2, 0.25) is 0 Å². The summed E-state index contributed by atoms with van der Waals surface area (Å²) in [6.07, 6.45) is 3.77. The molecule has 0 aliphatic rings. The van der Waals surface area contributed by atoms with E-state index < -0.39 is 5.69 Å². The van der Waals surface area contributed by atoms with Gasteiger partial charge in [-0.3, -0.25) is 4.79 Å². The highest BCUT2D eigenvalue weighted by Crippen LogP contribution is 2.27. The van der Waals surface area contributed by atoms with Crippen LogP contribution in [0.4, 0.5) is 0 Å². The smallest absolute Gasteiger partial charge is 0.312 e. The number of rotatable bonds is 5. The van der Waals surface area contributed by atoms with Crippen LogP contribution >= 0.6 is 15.9 Å². The van der Waals surface area contributed by atoms with Crippen LogP contribution < -0.4 is 5.69 Å². The summed E-state index contributed by atoms with van der Waals surface area (Å²) in [5.74, 6) is -0.0304. The van der Waals surface area contributed by atoms with Gasteiger partial charge < -0.3 is 4.98 Å². The second-order valence-corrected chi connectivity index (χ2v) is 6.74. The SMILES string of the molecule is Cc1c(CCC(=O)c2cnc(=O)[nH]c2)cccc1-c1ccc(Br)cc1. The van der Waals surface area contributed by atoms with Crippen molar-refractivity contribution in [1.29, 1.82) is 0 Å². The number of halogens is 1. The average Bonchev–Trinajstić information content (AvgIpc) is 2.62. The molecule has 0 spiro atoms. The lowest BCUT2D eigenvalue weighted by Gasteiger charge is -2.11. The van der Waals surface area contributed by atoms with Crippen molar-refractivity contribution in [2.75, 3.05) is 0 Å². The molecule has 1 heterocycles. The molecule has 1 aromatic heterocycles. The Hall–Kier alpha value is -2.53. The Kier molecular flexibility index (Phi) is 5.24. The number of benzene rings is 2. The third-order valence-corrected chi connectivity index (χ3v) is 4.75. The summed E-state index contributed by atoms with van der Waals surface area (Å²) in [5.41, 5.74) is 4.63. The predicted molar refractivity (Wildman–Crippen MR) is 102 cm³/mol. The normalized spacial score (nSPS) is 10.6. The molecule has 0 atom stereocenters. The van der Waals surface area contributed by atoms with Crippen LogP contribution in [0.15, 0.2) is 64.1 Å². The van der Waals surface area contributed by atoms with Gasteiger partial charge in [-0.1, -0.05) is 46.3 Å². The Bertz CT molecular complexity index is 942. The molecule has 2 aromatic carbocycles. The van der Waals surface area contributed by atoms with E-state index in [2.05, 4.69) is 57.1 Å². The fraction of sp³-hybridized carbons (Fsp3) is 0.150. The van der Waals surface area contributed by atoms with Crippen LogP contribution in [-0.2, 0) is 6.42 Å². The Morgan fingerprint density at radius 3 is 2.60 bits per heavy atom. The fourth-order valence-electron chi connectivity index (χ4n) is 2.78. The van der Waals surface area contributed by atoms with Crippen molar-refractivity contribution < 1.29 is 4.79 Å². The van der Waals surface area contributed by atoms with Crippen molar-refractivity contribution in [3.05, 3.63) is 86.5 Å². The van der Waals surface area contributed by atoms with Gasteiger partial charge in [0.1, 0.15) is 0 Å². The number of hydrogen-bond acceptors (Lipinski definition) is 3. The highest BCUT2D eigenvalue weighted by molar-refractivity contribution is 9.10. The van der Waals surface area contributed by atoms with E-state index in [1.165, 1.54) is 23.5 Å². The van der Waals surface area contributed by atoms with Gasteiger partial charge in [-0.2, -0.15) is 0 Å². The zero-order chi connectivity index (χ0) is 17.8. The highest BCUT2D eigenvalue weighted by Gasteiger charge is 2.10. The summed E-state index contributed by atoms with van der Waals surface area (Å²) >= 11 is 3.45. The van der Waals surface area contributed by atoms with Gasteiger partial charge in [-0.05, 0) is 47.7 Å². The molecular weight excluding hydrogens is 380 g/mol. The number of carbonyl (C=O) groups is 1. The molecule has 4 nitrogen and oxygen atoms in total. The number of nitrogens with one attached hydrogen (secondary N) is 1. The lowest BCUT2D eigenvalue weighted by molar-refractivity contribution is 0.0982. The van der Waals surface area contributed by atoms with Gasteiger partial charge in [-0.25, -0.2) is 9.78 Å². The molecule has 3 rings (SSSR count). The second-order valence-electron chi connectivity index (χ2n) is 5.83. The Labute approximate surface area is 154 Å². The first-order valence-corrected chi connectivity index (χ1v) is 8.76. The van der Waals surface area contributed by atoms with Crippen LogP contribution in [0.2, 0.25) is 0 Å². The molecule has 0 unspecified atom stereocenters. The first kappa shape index (κ1) is 17.3. The van der Waals surface area contributed by atoms with Crippen LogP contribution in [0.3, 0.4) is 0 Å². The van der Waals surface area contributed by atoms with Crippen molar-refractivity contribution in [2.45, 2.75) is 19.8 Å². The first-order valence-electron chi connectivity index (χ1n) is 7.97. The predicted octanol–water partition coefficient (Wildman–Crippen LogP) is 4.32. The fourth-order valence-corrected chi connectivity index (χ4v) is 3.05. The molecule has 0 amide bonds. The summed E-state index contributed by atoms with van der Waals surface area (Å²) in [6.45, 7) is 2.08. The highest BCUT2D eigenvalue weighted by atomic mass is 79.9. The Morgan fingerprint density at radius 2 is 1.92 bits per heavy atom. The summed E-state index contributed by atoms with van der Waals surface area (Å²) in [7, 11) is 0. The number of H-pyrrole nitrogens is 1. The number of hydrogen-bond donors (Lipinski definition) is 1. The minimum absolute atomic E-state index is 0.0304. The molecule has 126 valence electrons. The summed E-state index contributed by atoms with van der Waals surface area (Å²) in [6, 6.07) is 14.4. The number of nitrogens with zero attached hydrogens (tertiary/aromatic N) is 1. The van der Waals surface area contributed by atoms with Crippen molar-refractivity contribution in [1.82, 2.24) is 9.97 Å². The minimum atomic E-state index is -0.449. The molecule has 5 heteroatoms. The van der Waals surface area contributed by atoms with Gasteiger partial charge in [0.15, 0.2) is 5.78 Å². The molecule has 25 heavy (non-hydrogen) atoms. The molecule has 0 bridgehead atoms. The maximum absolute atomic E-state index is 12.3. The Morgan fingerprint density at radius 1 is 1.16 bits per heavy atom. The number of aromatic amines is 1. The largest absolute Gasteiger partial charge is 0.344 e. The zero-order valence-electron chi connectivity index (χ0n) is 13.8. The zero-order valence-corrected chi connectivity index (χ0v) is 15.3. The quantitative estimate of drug-likeness (QED) is 0.653. The van der Waals surface area contributed by atoms with E-state index in [0.717, 1.165) is 15.6 Å². The summed E-state index contributed by atoms with van der Waals surface area (Å²) in [5, 5.41) is 0. The van der Waals surface area contributed by atoms with Gasteiger partial charge in [0.05, 0.1) is 5.56 Å². The molecule has 0 saturated carbocycles. The van der Waals surface area contributed by atoms with E-state index in [4.69, 9.17) is 0 Å². The van der Waals surface area contributed by atoms with E-state index in [9.17, 15) is 9.59 Å². The molecule has 0 aliphatic heterocycles. The topological polar surface area (TPSA) is 62.8 Å². The summed E-state index contributed by atoms with van der Waals surface area (Å²) < 4.78 is 1.05. The van der Waals surface area contributed by atoms with Crippen molar-refractivity contribution in [3.63, 3.8) is 0 Å². The maximum Gasteiger partial charge on any atom is 0.344 e. The maximum atomic E-state index is 12.3. The van der Waals surface area contributed by atoms with Gasteiger partial charge in [0, 0.05) is 23.3 Å². The molecule has 3 aromatic rings. The minimum Gasteiger partial charge on any atom is -0.312 e. The van der Waals surface area contributed by atoms with Crippen LogP contribution in [0.1, 0.15) is 27.9 Å². The second kappa shape index (κ2) is 7.57. The lowest BCUT2D eigenvalue weighted by Crippen LogP contribution is -2.12. The molecule has 0 radical (unpaired) electrons. The first-order chi connectivity index (χ1) is 12.0. The third kappa shape index (κ3) is 4.12. The van der Waals surface area contributed by atoms with E-state index in [-0.39, 0.29) is 5.78 Å². The van der Waals surface area contributed by atoms with Crippen LogP contribution in [-0.4, -0.2) is 15.8 Å². The number of carbonyl (C=O) groups excluding carboxylic acids is 1. The third-order valence-electron chi connectivity index (χ3n) is 4.22. The lowest BCUT2D eigenvalue weighted by atomic mass is 9.93. The monoisotopic (exact) mass is 396 g/mol. The number of aromatic nitrogens is 2. The van der Waals surface area contributed by atoms with Gasteiger partial charge in [-0.15, -0.1) is 0 Å². The van der Waals surface area contributed by atoms with E-state index >= 15 is 0 Å². The molecule has 0 saturated heterocycles. The number of aryl methyl sites for hydroxylation is 1. The molecule has 1 N–H and O–H groups in total. The van der Waals surface area contributed by atoms with Gasteiger partial charge in [0.25, 0.3) is 0 Å². The van der Waals surface area contributed by atoms with Crippen molar-refractivity contribution in [3.8, 4) is 11.1 Å². The van der Waals surface area contributed by atoms with Crippen LogP contribution in [0, 0.1) is 6.92 Å². The molecule has 0 fully saturated rings. The van der Waals surface area contributed by atoms with E-state index in [1.54, 1.807) is 0 Å². The standard InChI is InChI=1S/C20H17BrN2O2/c1-13-14(7-10-19(24)16-11-22-20(25)23-12-16)3-2-4-18(13)15-5-8-17(21)9-6-15/h2-6,8-9,11-12H,7,10H2,1H3,(H,22,23,25). The van der Waals surface area contributed by atoms with Crippen LogP contribution in [0.25, 0.3) is 11.1 Å². The van der Waals surface area contributed by atoms with E-state index in [0.29, 0.717) is 18.4 Å². The van der Waals surface area contributed by atoms with Crippen LogP contribution in [0.5, 0.6) is 0 Å². The number of ketones is 1. The van der Waals surface area contributed by atoms with E-state index in [1.807, 2.05) is 18.2 Å². The summed E-state index contributed by atoms with van der Waals surface area (Å²) in [4.78, 5) is 29.3. The average molecular weight is 397 g/mol. The Balaban J connectivity index is 1.78.